The monoisotopic (exact) mass is 505 g/mol. The second kappa shape index (κ2) is 10.1. The van der Waals surface area contributed by atoms with Crippen molar-refractivity contribution in [2.45, 2.75) is 31.2 Å². The van der Waals surface area contributed by atoms with Gasteiger partial charge in [0, 0.05) is 13.1 Å². The minimum absolute atomic E-state index is 0.0903. The molecule has 0 unspecified atom stereocenters. The second-order valence-electron chi connectivity index (χ2n) is 8.28. The van der Waals surface area contributed by atoms with Gasteiger partial charge in [-0.1, -0.05) is 26.0 Å². The maximum atomic E-state index is 14.0. The maximum Gasteiger partial charge on any atom is 0.511 e. The van der Waals surface area contributed by atoms with Gasteiger partial charge in [0.1, 0.15) is 12.4 Å². The minimum atomic E-state index is -4.24. The molecule has 11 heteroatoms. The lowest BCUT2D eigenvalue weighted by molar-refractivity contribution is 0.140. The fraction of sp³-hybridized carbons (Fsp3) is 0.375. The van der Waals surface area contributed by atoms with Crippen LogP contribution in [0, 0.1) is 5.82 Å². The molecule has 1 atom stereocenters. The molecule has 0 aromatic heterocycles. The fourth-order valence-electron chi connectivity index (χ4n) is 4.20. The van der Waals surface area contributed by atoms with Crippen molar-refractivity contribution in [1.29, 1.82) is 0 Å². The van der Waals surface area contributed by atoms with Crippen LogP contribution in [-0.4, -0.2) is 63.4 Å². The van der Waals surface area contributed by atoms with Gasteiger partial charge >= 0.3 is 6.16 Å². The fourth-order valence-corrected chi connectivity index (χ4v) is 5.45. The summed E-state index contributed by atoms with van der Waals surface area (Å²) in [6.45, 7) is 7.38. The standard InChI is InChI=1S/C24H28FN3O6S/c1-3-27(4-2)12-5-6-16-14-17(25)7-10-21(16)35(31,32)26-19-8-9-20-23(22(19)34-24(29)30)33-15-18-11-13-28(18)20/h5-10,14,18,26H,3-4,11-13,15H2,1-2H3,(H,29,30)/b6-5-/t18-/m1/s1. The van der Waals surface area contributed by atoms with E-state index < -0.39 is 22.0 Å². The molecule has 0 amide bonds. The summed E-state index contributed by atoms with van der Waals surface area (Å²) in [4.78, 5) is 15.4. The summed E-state index contributed by atoms with van der Waals surface area (Å²) in [6, 6.07) is 6.69. The first kappa shape index (κ1) is 24.8. The number of carbonyl (C=O) groups is 1. The quantitative estimate of drug-likeness (QED) is 0.389. The second-order valence-corrected chi connectivity index (χ2v) is 9.93. The summed E-state index contributed by atoms with van der Waals surface area (Å²) in [7, 11) is -4.24. The van der Waals surface area contributed by atoms with Crippen LogP contribution < -0.4 is 19.1 Å². The van der Waals surface area contributed by atoms with Crippen LogP contribution in [-0.2, 0) is 10.0 Å². The molecule has 1 fully saturated rings. The van der Waals surface area contributed by atoms with Crippen LogP contribution in [0.4, 0.5) is 20.6 Å². The van der Waals surface area contributed by atoms with Crippen LogP contribution in [0.25, 0.3) is 6.08 Å². The van der Waals surface area contributed by atoms with Gasteiger partial charge in [-0.05, 0) is 55.4 Å². The Balaban J connectivity index is 1.68. The van der Waals surface area contributed by atoms with E-state index in [2.05, 4.69) is 14.5 Å². The predicted octanol–water partition coefficient (Wildman–Crippen LogP) is 4.01. The van der Waals surface area contributed by atoms with Crippen molar-refractivity contribution < 1.29 is 32.2 Å². The molecule has 0 radical (unpaired) electrons. The number of hydrogen-bond acceptors (Lipinski definition) is 7. The molecule has 4 rings (SSSR count). The Bertz CT molecular complexity index is 1250. The van der Waals surface area contributed by atoms with Gasteiger partial charge in [0.2, 0.25) is 5.75 Å². The summed E-state index contributed by atoms with van der Waals surface area (Å²) in [5.74, 6) is -0.640. The molecule has 9 nitrogen and oxygen atoms in total. The highest BCUT2D eigenvalue weighted by Crippen LogP contribution is 2.49. The van der Waals surface area contributed by atoms with E-state index in [0.717, 1.165) is 38.2 Å². The first-order chi connectivity index (χ1) is 16.7. The van der Waals surface area contributed by atoms with E-state index in [0.29, 0.717) is 18.8 Å². The molecule has 2 aliphatic rings. The van der Waals surface area contributed by atoms with Gasteiger partial charge in [0.15, 0.2) is 5.75 Å². The van der Waals surface area contributed by atoms with Crippen LogP contribution in [0.3, 0.4) is 0 Å². The molecule has 0 saturated carbocycles. The molecular weight excluding hydrogens is 477 g/mol. The zero-order chi connectivity index (χ0) is 25.2. The van der Waals surface area contributed by atoms with Gasteiger partial charge in [-0.25, -0.2) is 17.6 Å². The van der Waals surface area contributed by atoms with E-state index in [9.17, 15) is 22.7 Å². The highest BCUT2D eigenvalue weighted by atomic mass is 32.2. The topological polar surface area (TPSA) is 108 Å². The van der Waals surface area contributed by atoms with E-state index in [1.54, 1.807) is 18.2 Å². The van der Waals surface area contributed by atoms with Gasteiger partial charge in [-0.2, -0.15) is 0 Å². The lowest BCUT2D eigenvalue weighted by Crippen LogP contribution is -2.53. The van der Waals surface area contributed by atoms with Crippen molar-refractivity contribution >= 4 is 33.6 Å². The number of nitrogens with one attached hydrogen (secondary N) is 1. The van der Waals surface area contributed by atoms with Crippen molar-refractivity contribution in [3.8, 4) is 11.5 Å². The van der Waals surface area contributed by atoms with Crippen LogP contribution in [0.1, 0.15) is 25.8 Å². The van der Waals surface area contributed by atoms with Crippen LogP contribution >= 0.6 is 0 Å². The number of carboxylic acid groups (broad SMARTS) is 1. The Morgan fingerprint density at radius 2 is 2.09 bits per heavy atom. The summed E-state index contributed by atoms with van der Waals surface area (Å²) >= 11 is 0. The van der Waals surface area contributed by atoms with Crippen molar-refractivity contribution in [3.05, 3.63) is 47.8 Å². The number of fused-ring (bicyclic) bond motifs is 3. The summed E-state index contributed by atoms with van der Waals surface area (Å²) in [5, 5.41) is 9.27. The number of rotatable bonds is 9. The number of sulfonamides is 1. The predicted molar refractivity (Wildman–Crippen MR) is 130 cm³/mol. The largest absolute Gasteiger partial charge is 0.511 e. The van der Waals surface area contributed by atoms with E-state index in [1.807, 2.05) is 13.8 Å². The maximum absolute atomic E-state index is 14.0. The Hall–Kier alpha value is -3.31. The molecule has 0 bridgehead atoms. The lowest BCUT2D eigenvalue weighted by atomic mass is 10.00. The minimum Gasteiger partial charge on any atom is -0.485 e. The van der Waals surface area contributed by atoms with Crippen LogP contribution in [0.15, 0.2) is 41.3 Å². The third-order valence-electron chi connectivity index (χ3n) is 6.22. The highest BCUT2D eigenvalue weighted by molar-refractivity contribution is 7.92. The third kappa shape index (κ3) is 5.20. The smallest absolute Gasteiger partial charge is 0.485 e. The van der Waals surface area contributed by atoms with Crippen molar-refractivity contribution in [1.82, 2.24) is 4.90 Å². The third-order valence-corrected chi connectivity index (χ3v) is 7.65. The Morgan fingerprint density at radius 3 is 2.74 bits per heavy atom. The molecule has 35 heavy (non-hydrogen) atoms. The number of benzene rings is 2. The number of hydrogen-bond donors (Lipinski definition) is 2. The zero-order valence-corrected chi connectivity index (χ0v) is 20.3. The average Bonchev–Trinajstić information content (AvgIpc) is 2.78. The SMILES string of the molecule is CCN(CC)C/C=C\c1cc(F)ccc1S(=O)(=O)Nc1ccc2c(c1OC(=O)O)OC[C@H]1CCN21. The molecule has 1 saturated heterocycles. The number of halogens is 1. The van der Waals surface area contributed by atoms with Crippen LogP contribution in [0.2, 0.25) is 0 Å². The molecule has 0 aliphatic carbocycles. The van der Waals surface area contributed by atoms with Gasteiger partial charge < -0.3 is 24.4 Å². The number of ether oxygens (including phenoxy) is 2. The van der Waals surface area contributed by atoms with Gasteiger partial charge in [-0.3, -0.25) is 4.72 Å². The molecule has 0 spiro atoms. The molecule has 2 aliphatic heterocycles. The first-order valence-corrected chi connectivity index (χ1v) is 12.9. The number of likely N-dealkylation sites (N-methyl/N-ethyl adjacent to an activating group) is 1. The summed E-state index contributed by atoms with van der Waals surface area (Å²) in [6.07, 6.45) is 2.69. The van der Waals surface area contributed by atoms with E-state index in [-0.39, 0.29) is 33.7 Å². The Morgan fingerprint density at radius 1 is 1.31 bits per heavy atom. The van der Waals surface area contributed by atoms with Crippen molar-refractivity contribution in [2.24, 2.45) is 0 Å². The van der Waals surface area contributed by atoms with Crippen molar-refractivity contribution in [3.63, 3.8) is 0 Å². The highest BCUT2D eigenvalue weighted by Gasteiger charge is 2.37. The van der Waals surface area contributed by atoms with Gasteiger partial charge in [0.25, 0.3) is 10.0 Å². The Kier molecular flexibility index (Phi) is 7.18. The van der Waals surface area contributed by atoms with Crippen molar-refractivity contribution in [2.75, 3.05) is 42.4 Å². The van der Waals surface area contributed by atoms with E-state index in [4.69, 9.17) is 9.47 Å². The number of nitrogens with zero attached hydrogens (tertiary/aromatic N) is 2. The lowest BCUT2D eigenvalue weighted by Gasteiger charge is -2.46. The molecule has 2 N–H and O–H groups in total. The normalized spacial score (nSPS) is 16.9. The van der Waals surface area contributed by atoms with E-state index in [1.165, 1.54) is 12.1 Å². The zero-order valence-electron chi connectivity index (χ0n) is 19.5. The first-order valence-electron chi connectivity index (χ1n) is 11.4. The average molecular weight is 506 g/mol. The van der Waals surface area contributed by atoms with Gasteiger partial charge in [0.05, 0.1) is 22.3 Å². The molecule has 188 valence electrons. The van der Waals surface area contributed by atoms with Crippen LogP contribution in [0.5, 0.6) is 11.5 Å². The molecule has 2 heterocycles. The van der Waals surface area contributed by atoms with E-state index >= 15 is 0 Å². The molecule has 2 aromatic rings. The Labute approximate surface area is 203 Å². The summed E-state index contributed by atoms with van der Waals surface area (Å²) < 4.78 is 53.8. The number of anilines is 2. The van der Waals surface area contributed by atoms with Gasteiger partial charge in [-0.15, -0.1) is 0 Å². The molecule has 2 aromatic carbocycles. The summed E-state index contributed by atoms with van der Waals surface area (Å²) in [5.41, 5.74) is 0.726. The molecular formula is C24H28FN3O6S.